The average molecular weight is 359 g/mol. The van der Waals surface area contributed by atoms with E-state index in [4.69, 9.17) is 16.3 Å². The van der Waals surface area contributed by atoms with Crippen molar-refractivity contribution in [2.75, 3.05) is 11.4 Å². The van der Waals surface area contributed by atoms with Crippen molar-refractivity contribution in [2.24, 2.45) is 0 Å². The molecular formula is C19H19ClN2O3. The number of fused-ring (bicyclic) bond motifs is 1. The first-order valence-electron chi connectivity index (χ1n) is 8.16. The van der Waals surface area contributed by atoms with Crippen molar-refractivity contribution >= 4 is 29.1 Å². The molecule has 3 rings (SSSR count). The molecule has 0 spiro atoms. The number of rotatable bonds is 5. The summed E-state index contributed by atoms with van der Waals surface area (Å²) in [6.07, 6.45) is -0.0566. The molecule has 2 amide bonds. The smallest absolute Gasteiger partial charge is 0.268 e. The maximum atomic E-state index is 12.6. The van der Waals surface area contributed by atoms with E-state index in [2.05, 4.69) is 5.32 Å². The molecule has 25 heavy (non-hydrogen) atoms. The lowest BCUT2D eigenvalue weighted by molar-refractivity contribution is -0.129. The van der Waals surface area contributed by atoms with Gasteiger partial charge < -0.3 is 10.1 Å². The van der Waals surface area contributed by atoms with E-state index in [1.807, 2.05) is 37.3 Å². The van der Waals surface area contributed by atoms with E-state index in [9.17, 15) is 9.59 Å². The lowest BCUT2D eigenvalue weighted by Gasteiger charge is -2.33. The zero-order valence-corrected chi connectivity index (χ0v) is 14.6. The van der Waals surface area contributed by atoms with Gasteiger partial charge in [-0.1, -0.05) is 48.9 Å². The summed E-state index contributed by atoms with van der Waals surface area (Å²) in [4.78, 5) is 26.4. The molecule has 5 nitrogen and oxygen atoms in total. The van der Waals surface area contributed by atoms with Gasteiger partial charge >= 0.3 is 0 Å². The Morgan fingerprint density at radius 2 is 2.00 bits per heavy atom. The molecule has 1 N–H and O–H groups in total. The van der Waals surface area contributed by atoms with E-state index in [0.29, 0.717) is 29.4 Å². The number of anilines is 1. The predicted molar refractivity (Wildman–Crippen MR) is 96.8 cm³/mol. The fraction of sp³-hybridized carbons (Fsp3) is 0.263. The molecule has 2 aromatic carbocycles. The Labute approximate surface area is 151 Å². The zero-order valence-electron chi connectivity index (χ0n) is 13.9. The summed E-state index contributed by atoms with van der Waals surface area (Å²) < 4.78 is 5.71. The number of hydrogen-bond donors (Lipinski definition) is 1. The highest BCUT2D eigenvalue weighted by atomic mass is 35.5. The van der Waals surface area contributed by atoms with E-state index >= 15 is 0 Å². The van der Waals surface area contributed by atoms with Gasteiger partial charge in [-0.2, -0.15) is 0 Å². The molecule has 0 aliphatic carbocycles. The van der Waals surface area contributed by atoms with Crippen LogP contribution in [-0.2, 0) is 16.1 Å². The summed E-state index contributed by atoms with van der Waals surface area (Å²) in [7, 11) is 0. The normalized spacial score (nSPS) is 16.2. The molecule has 0 saturated carbocycles. The molecule has 1 aliphatic heterocycles. The third-order valence-corrected chi connectivity index (χ3v) is 4.26. The molecule has 6 heteroatoms. The Morgan fingerprint density at radius 1 is 1.24 bits per heavy atom. The maximum Gasteiger partial charge on any atom is 0.268 e. The largest absolute Gasteiger partial charge is 0.478 e. The van der Waals surface area contributed by atoms with Crippen LogP contribution in [0.25, 0.3) is 0 Å². The van der Waals surface area contributed by atoms with Gasteiger partial charge in [0.2, 0.25) is 5.91 Å². The SMILES string of the molecule is CCC1Oc2ccc(Cl)cc2N(CC(=O)NCc2ccccc2)C1=O. The van der Waals surface area contributed by atoms with Gasteiger partial charge in [-0.3, -0.25) is 14.5 Å². The number of benzene rings is 2. The molecule has 0 fully saturated rings. The first-order chi connectivity index (χ1) is 12.1. The van der Waals surface area contributed by atoms with Crippen molar-refractivity contribution in [3.63, 3.8) is 0 Å². The maximum absolute atomic E-state index is 12.6. The summed E-state index contributed by atoms with van der Waals surface area (Å²) in [5.74, 6) is 0.0960. The minimum Gasteiger partial charge on any atom is -0.478 e. The summed E-state index contributed by atoms with van der Waals surface area (Å²) in [6, 6.07) is 14.7. The first-order valence-corrected chi connectivity index (χ1v) is 8.54. The molecule has 0 saturated heterocycles. The third-order valence-electron chi connectivity index (χ3n) is 4.03. The topological polar surface area (TPSA) is 58.6 Å². The minimum absolute atomic E-state index is 0.0706. The van der Waals surface area contributed by atoms with E-state index < -0.39 is 6.10 Å². The molecule has 1 aliphatic rings. The van der Waals surface area contributed by atoms with Crippen LogP contribution in [0.15, 0.2) is 48.5 Å². The van der Waals surface area contributed by atoms with Crippen LogP contribution in [0.5, 0.6) is 5.75 Å². The highest BCUT2D eigenvalue weighted by Gasteiger charge is 2.34. The van der Waals surface area contributed by atoms with E-state index in [1.54, 1.807) is 18.2 Å². The van der Waals surface area contributed by atoms with Crippen LogP contribution < -0.4 is 15.0 Å². The van der Waals surface area contributed by atoms with Crippen molar-refractivity contribution in [3.05, 3.63) is 59.1 Å². The number of nitrogens with zero attached hydrogens (tertiary/aromatic N) is 1. The van der Waals surface area contributed by atoms with E-state index in [1.165, 1.54) is 4.90 Å². The number of amides is 2. The number of carbonyl (C=O) groups is 2. The van der Waals surface area contributed by atoms with Gasteiger partial charge in [-0.15, -0.1) is 0 Å². The highest BCUT2D eigenvalue weighted by Crippen LogP contribution is 2.36. The summed E-state index contributed by atoms with van der Waals surface area (Å²) in [6.45, 7) is 2.22. The molecule has 1 atom stereocenters. The van der Waals surface area contributed by atoms with Gasteiger partial charge in [-0.25, -0.2) is 0 Å². The Bertz CT molecular complexity index is 779. The van der Waals surface area contributed by atoms with Crippen molar-refractivity contribution in [1.29, 1.82) is 0 Å². The number of nitrogens with one attached hydrogen (secondary N) is 1. The van der Waals surface area contributed by atoms with Crippen LogP contribution in [0.1, 0.15) is 18.9 Å². The van der Waals surface area contributed by atoms with Crippen LogP contribution in [0.2, 0.25) is 5.02 Å². The number of ether oxygens (including phenoxy) is 1. The lowest BCUT2D eigenvalue weighted by Crippen LogP contribution is -2.49. The van der Waals surface area contributed by atoms with Crippen LogP contribution >= 0.6 is 11.6 Å². The van der Waals surface area contributed by atoms with Gasteiger partial charge in [0.05, 0.1) is 5.69 Å². The fourth-order valence-electron chi connectivity index (χ4n) is 2.71. The quantitative estimate of drug-likeness (QED) is 0.893. The number of carbonyl (C=O) groups excluding carboxylic acids is 2. The van der Waals surface area contributed by atoms with Gasteiger partial charge in [0.1, 0.15) is 12.3 Å². The molecule has 0 aromatic heterocycles. The average Bonchev–Trinajstić information content (AvgIpc) is 2.63. The van der Waals surface area contributed by atoms with Crippen molar-refractivity contribution in [2.45, 2.75) is 26.0 Å². The predicted octanol–water partition coefficient (Wildman–Crippen LogP) is 3.16. The Morgan fingerprint density at radius 3 is 2.72 bits per heavy atom. The second-order valence-electron chi connectivity index (χ2n) is 5.81. The number of halogens is 1. The third kappa shape index (κ3) is 3.94. The van der Waals surface area contributed by atoms with Crippen molar-refractivity contribution in [1.82, 2.24) is 5.32 Å². The molecule has 0 radical (unpaired) electrons. The summed E-state index contributed by atoms with van der Waals surface area (Å²) in [5.41, 5.74) is 1.52. The van der Waals surface area contributed by atoms with Gasteiger partial charge in [-0.05, 0) is 30.2 Å². The summed E-state index contributed by atoms with van der Waals surface area (Å²) >= 11 is 6.04. The molecule has 0 bridgehead atoms. The van der Waals surface area contributed by atoms with Crippen LogP contribution in [-0.4, -0.2) is 24.5 Å². The van der Waals surface area contributed by atoms with Crippen LogP contribution in [0, 0.1) is 0 Å². The van der Waals surface area contributed by atoms with Gasteiger partial charge in [0.15, 0.2) is 6.10 Å². The fourth-order valence-corrected chi connectivity index (χ4v) is 2.88. The molecule has 1 heterocycles. The standard InChI is InChI=1S/C19H19ClN2O3/c1-2-16-19(24)22(15-10-14(20)8-9-17(15)25-16)12-18(23)21-11-13-6-4-3-5-7-13/h3-10,16H,2,11-12H2,1H3,(H,21,23). The van der Waals surface area contributed by atoms with Crippen LogP contribution in [0.3, 0.4) is 0 Å². The van der Waals surface area contributed by atoms with Gasteiger partial charge in [0.25, 0.3) is 5.91 Å². The van der Waals surface area contributed by atoms with E-state index in [-0.39, 0.29) is 18.4 Å². The first kappa shape index (κ1) is 17.3. The highest BCUT2D eigenvalue weighted by molar-refractivity contribution is 6.31. The van der Waals surface area contributed by atoms with Gasteiger partial charge in [0, 0.05) is 11.6 Å². The molecule has 1 unspecified atom stereocenters. The molecule has 2 aromatic rings. The van der Waals surface area contributed by atoms with Crippen molar-refractivity contribution < 1.29 is 14.3 Å². The Balaban J connectivity index is 1.74. The number of hydrogen-bond acceptors (Lipinski definition) is 3. The second kappa shape index (κ2) is 7.57. The monoisotopic (exact) mass is 358 g/mol. The van der Waals surface area contributed by atoms with E-state index in [0.717, 1.165) is 5.56 Å². The minimum atomic E-state index is -0.587. The zero-order chi connectivity index (χ0) is 17.8. The summed E-state index contributed by atoms with van der Waals surface area (Å²) in [5, 5.41) is 3.32. The van der Waals surface area contributed by atoms with Crippen LogP contribution in [0.4, 0.5) is 5.69 Å². The lowest BCUT2D eigenvalue weighted by atomic mass is 10.1. The molecular weight excluding hydrogens is 340 g/mol. The van der Waals surface area contributed by atoms with Crippen molar-refractivity contribution in [3.8, 4) is 5.75 Å². The Hall–Kier alpha value is -2.53. The second-order valence-corrected chi connectivity index (χ2v) is 6.25. The Kier molecular flexibility index (Phi) is 5.24. The molecule has 130 valence electrons.